The van der Waals surface area contributed by atoms with E-state index in [2.05, 4.69) is 16.9 Å². The number of anilines is 1. The highest BCUT2D eigenvalue weighted by Crippen LogP contribution is 2.25. The molecule has 1 aromatic rings. The lowest BCUT2D eigenvalue weighted by molar-refractivity contribution is 0.391. The van der Waals surface area contributed by atoms with Crippen LogP contribution in [0.4, 0.5) is 10.2 Å². The van der Waals surface area contributed by atoms with E-state index in [-0.39, 0.29) is 11.1 Å². The highest BCUT2D eigenvalue weighted by Gasteiger charge is 2.21. The summed E-state index contributed by atoms with van der Waals surface area (Å²) in [6.07, 6.45) is 4.52. The number of nitrogens with zero attached hydrogens (tertiary/aromatic N) is 3. The summed E-state index contributed by atoms with van der Waals surface area (Å²) in [4.78, 5) is 9.52. The second-order valence-corrected chi connectivity index (χ2v) is 4.49. The molecule has 3 nitrogen and oxygen atoms in total. The van der Waals surface area contributed by atoms with E-state index in [1.54, 1.807) is 0 Å². The van der Waals surface area contributed by atoms with Crippen molar-refractivity contribution in [3.05, 3.63) is 17.3 Å². The van der Waals surface area contributed by atoms with Crippen molar-refractivity contribution in [2.45, 2.75) is 26.2 Å². The van der Waals surface area contributed by atoms with Crippen LogP contribution in [0.25, 0.3) is 0 Å². The zero-order valence-corrected chi connectivity index (χ0v) is 10.0. The van der Waals surface area contributed by atoms with Crippen LogP contribution >= 0.6 is 11.6 Å². The Kier molecular flexibility index (Phi) is 3.59. The number of aromatic nitrogens is 2. The first-order valence-electron chi connectivity index (χ1n) is 5.63. The molecule has 2 heterocycles. The van der Waals surface area contributed by atoms with E-state index in [0.29, 0.717) is 5.82 Å². The van der Waals surface area contributed by atoms with Gasteiger partial charge in [-0.05, 0) is 30.4 Å². The van der Waals surface area contributed by atoms with Crippen molar-refractivity contribution in [1.82, 2.24) is 9.97 Å². The molecular formula is C11H15ClFN3. The molecule has 1 saturated heterocycles. The Labute approximate surface area is 99.6 Å². The van der Waals surface area contributed by atoms with Crippen molar-refractivity contribution in [2.24, 2.45) is 5.92 Å². The molecule has 0 aromatic carbocycles. The highest BCUT2D eigenvalue weighted by atomic mass is 35.5. The molecule has 1 aliphatic heterocycles. The summed E-state index contributed by atoms with van der Waals surface area (Å²) >= 11 is 5.68. The topological polar surface area (TPSA) is 29.0 Å². The molecular weight excluding hydrogens is 229 g/mol. The van der Waals surface area contributed by atoms with Crippen LogP contribution in [0, 0.1) is 11.7 Å². The molecule has 0 bridgehead atoms. The van der Waals surface area contributed by atoms with E-state index in [0.717, 1.165) is 38.0 Å². The van der Waals surface area contributed by atoms with Gasteiger partial charge in [-0.3, -0.25) is 0 Å². The third-order valence-corrected chi connectivity index (χ3v) is 3.37. The molecule has 16 heavy (non-hydrogen) atoms. The number of halogens is 2. The van der Waals surface area contributed by atoms with Crippen LogP contribution < -0.4 is 4.90 Å². The summed E-state index contributed by atoms with van der Waals surface area (Å²) in [5.74, 6) is 0.713. The molecule has 0 aliphatic carbocycles. The fourth-order valence-corrected chi connectivity index (χ4v) is 2.24. The Morgan fingerprint density at radius 2 is 2.19 bits per heavy atom. The molecule has 5 heteroatoms. The summed E-state index contributed by atoms with van der Waals surface area (Å²) in [6, 6.07) is 0. The minimum absolute atomic E-state index is 0.106. The Hall–Kier alpha value is -0.900. The van der Waals surface area contributed by atoms with Gasteiger partial charge in [0, 0.05) is 13.1 Å². The van der Waals surface area contributed by atoms with Crippen LogP contribution in [-0.2, 0) is 0 Å². The minimum Gasteiger partial charge on any atom is -0.354 e. The number of rotatable bonds is 2. The maximum Gasteiger partial charge on any atom is 0.224 e. The average molecular weight is 244 g/mol. The van der Waals surface area contributed by atoms with Crippen molar-refractivity contribution in [3.63, 3.8) is 0 Å². The predicted molar refractivity (Wildman–Crippen MR) is 62.2 cm³/mol. The first-order valence-corrected chi connectivity index (χ1v) is 6.01. The maximum absolute atomic E-state index is 13.5. The van der Waals surface area contributed by atoms with Gasteiger partial charge in [-0.25, -0.2) is 9.37 Å². The van der Waals surface area contributed by atoms with E-state index in [1.165, 1.54) is 6.42 Å². The van der Waals surface area contributed by atoms with Crippen LogP contribution in [0.15, 0.2) is 6.20 Å². The van der Waals surface area contributed by atoms with Gasteiger partial charge in [0.05, 0.1) is 6.20 Å². The van der Waals surface area contributed by atoms with E-state index in [9.17, 15) is 4.39 Å². The molecule has 1 aromatic heterocycles. The third kappa shape index (κ3) is 2.43. The third-order valence-electron chi connectivity index (χ3n) is 3.19. The van der Waals surface area contributed by atoms with Crippen LogP contribution in [0.5, 0.6) is 0 Å². The molecule has 0 N–H and O–H groups in total. The van der Waals surface area contributed by atoms with Gasteiger partial charge < -0.3 is 4.90 Å². The van der Waals surface area contributed by atoms with Gasteiger partial charge in [0.1, 0.15) is 0 Å². The van der Waals surface area contributed by atoms with E-state index >= 15 is 0 Å². The molecule has 0 amide bonds. The Morgan fingerprint density at radius 3 is 2.81 bits per heavy atom. The van der Waals surface area contributed by atoms with Crippen LogP contribution in [0.2, 0.25) is 5.28 Å². The van der Waals surface area contributed by atoms with Crippen molar-refractivity contribution in [2.75, 3.05) is 18.0 Å². The monoisotopic (exact) mass is 243 g/mol. The van der Waals surface area contributed by atoms with Gasteiger partial charge in [-0.15, -0.1) is 0 Å². The summed E-state index contributed by atoms with van der Waals surface area (Å²) < 4.78 is 13.5. The SMILES string of the molecule is CCC1CCN(c2nc(Cl)ncc2F)CC1. The average Bonchev–Trinajstić information content (AvgIpc) is 2.32. The summed E-state index contributed by atoms with van der Waals surface area (Å²) in [5.41, 5.74) is 0. The summed E-state index contributed by atoms with van der Waals surface area (Å²) in [7, 11) is 0. The quantitative estimate of drug-likeness (QED) is 0.748. The van der Waals surface area contributed by atoms with Gasteiger partial charge >= 0.3 is 0 Å². The van der Waals surface area contributed by atoms with Crippen LogP contribution in [-0.4, -0.2) is 23.1 Å². The molecule has 0 saturated carbocycles. The Bertz CT molecular complexity index is 364. The van der Waals surface area contributed by atoms with Crippen molar-refractivity contribution < 1.29 is 4.39 Å². The molecule has 1 fully saturated rings. The van der Waals surface area contributed by atoms with Crippen molar-refractivity contribution in [1.29, 1.82) is 0 Å². The largest absolute Gasteiger partial charge is 0.354 e. The smallest absolute Gasteiger partial charge is 0.224 e. The van der Waals surface area contributed by atoms with Gasteiger partial charge in [-0.1, -0.05) is 13.3 Å². The first-order chi connectivity index (χ1) is 7.70. The Balaban J connectivity index is 2.10. The first kappa shape index (κ1) is 11.6. The van der Waals surface area contributed by atoms with Crippen molar-refractivity contribution in [3.8, 4) is 0 Å². The van der Waals surface area contributed by atoms with Crippen molar-refractivity contribution >= 4 is 17.4 Å². The lowest BCUT2D eigenvalue weighted by Gasteiger charge is -2.32. The van der Waals surface area contributed by atoms with Gasteiger partial charge in [-0.2, -0.15) is 4.98 Å². The van der Waals surface area contributed by atoms with Crippen LogP contribution in [0.3, 0.4) is 0 Å². The zero-order chi connectivity index (χ0) is 11.5. The molecule has 0 radical (unpaired) electrons. The van der Waals surface area contributed by atoms with Gasteiger partial charge in [0.2, 0.25) is 5.28 Å². The minimum atomic E-state index is -0.389. The fourth-order valence-electron chi connectivity index (χ4n) is 2.11. The summed E-state index contributed by atoms with van der Waals surface area (Å²) in [5, 5.41) is 0.106. The molecule has 0 unspecified atom stereocenters. The standard InChI is InChI=1S/C11H15ClFN3/c1-2-8-3-5-16(6-4-8)10-9(13)7-14-11(12)15-10/h7-8H,2-6H2,1H3. The number of piperidine rings is 1. The highest BCUT2D eigenvalue weighted by molar-refractivity contribution is 6.28. The fraction of sp³-hybridized carbons (Fsp3) is 0.636. The van der Waals surface area contributed by atoms with E-state index in [4.69, 9.17) is 11.6 Å². The lowest BCUT2D eigenvalue weighted by atomic mass is 9.94. The molecule has 88 valence electrons. The van der Waals surface area contributed by atoms with Gasteiger partial charge in [0.15, 0.2) is 11.6 Å². The van der Waals surface area contributed by atoms with Gasteiger partial charge in [0.25, 0.3) is 0 Å². The zero-order valence-electron chi connectivity index (χ0n) is 9.29. The summed E-state index contributed by atoms with van der Waals surface area (Å²) in [6.45, 7) is 3.90. The normalized spacial score (nSPS) is 17.8. The Morgan fingerprint density at radius 1 is 1.50 bits per heavy atom. The molecule has 2 rings (SSSR count). The van der Waals surface area contributed by atoms with E-state index in [1.807, 2.05) is 4.90 Å². The second-order valence-electron chi connectivity index (χ2n) is 4.15. The van der Waals surface area contributed by atoms with E-state index < -0.39 is 0 Å². The number of hydrogen-bond donors (Lipinski definition) is 0. The van der Waals surface area contributed by atoms with Crippen LogP contribution in [0.1, 0.15) is 26.2 Å². The lowest BCUT2D eigenvalue weighted by Crippen LogP contribution is -2.34. The number of hydrogen-bond acceptors (Lipinski definition) is 3. The molecule has 0 spiro atoms. The molecule has 0 atom stereocenters. The maximum atomic E-state index is 13.5. The predicted octanol–water partition coefficient (Wildman–Crippen LogP) is 2.90. The second kappa shape index (κ2) is 4.95. The molecule has 1 aliphatic rings.